The molecule has 0 fully saturated rings. The maximum Gasteiger partial charge on any atom is 0.215 e. The lowest BCUT2D eigenvalue weighted by Gasteiger charge is -1.95. The number of benzene rings is 6. The van der Waals surface area contributed by atoms with Gasteiger partial charge in [0, 0.05) is 42.9 Å². The summed E-state index contributed by atoms with van der Waals surface area (Å²) in [6, 6.07) is 50.3. The van der Waals surface area contributed by atoms with Crippen molar-refractivity contribution in [1.82, 2.24) is 32.5 Å². The van der Waals surface area contributed by atoms with E-state index in [9.17, 15) is 0 Å². The van der Waals surface area contributed by atoms with Gasteiger partial charge in [0.15, 0.2) is 0 Å². The van der Waals surface area contributed by atoms with Gasteiger partial charge in [-0.1, -0.05) is 113 Å². The minimum Gasteiger partial charge on any atom is -0.344 e. The Bertz CT molecular complexity index is 2750. The lowest BCUT2D eigenvalue weighted by atomic mass is 10.2. The average molecular weight is 684 g/mol. The predicted molar refractivity (Wildman–Crippen MR) is 221 cm³/mol. The summed E-state index contributed by atoms with van der Waals surface area (Å²) in [5.74, 6) is 1.99. The van der Waals surface area contributed by atoms with Crippen LogP contribution in [0.5, 0.6) is 0 Å². The van der Waals surface area contributed by atoms with Gasteiger partial charge in [-0.25, -0.2) is 9.97 Å². The molecule has 0 N–H and O–H groups in total. The molecule has 0 aliphatic rings. The Kier molecular flexibility index (Phi) is 9.51. The van der Waals surface area contributed by atoms with Crippen molar-refractivity contribution in [3.63, 3.8) is 0 Å². The fourth-order valence-corrected chi connectivity index (χ4v) is 7.16. The van der Waals surface area contributed by atoms with E-state index < -0.39 is 0 Å². The lowest BCUT2D eigenvalue weighted by Crippen LogP contribution is -1.87. The SMILES string of the molecule is CC.CC.Cn1c2ccccc2c2ccccc21.Cn1c2ccccc2n2c3ccccc3nc12.Cn1c2ccccc2n2c3ccccc3nc12. The molecule has 0 unspecified atom stereocenters. The summed E-state index contributed by atoms with van der Waals surface area (Å²) in [4.78, 5) is 9.36. The van der Waals surface area contributed by atoms with E-state index in [2.05, 4.69) is 187 Å². The van der Waals surface area contributed by atoms with Crippen LogP contribution < -0.4 is 0 Å². The van der Waals surface area contributed by atoms with Gasteiger partial charge in [-0.3, -0.25) is 8.80 Å². The van der Waals surface area contributed by atoms with E-state index in [4.69, 9.17) is 0 Å². The highest BCUT2D eigenvalue weighted by Gasteiger charge is 2.13. The van der Waals surface area contributed by atoms with Crippen molar-refractivity contribution in [1.29, 1.82) is 0 Å². The van der Waals surface area contributed by atoms with E-state index in [1.165, 1.54) is 54.9 Å². The Hall–Kier alpha value is -6.34. The molecule has 0 saturated carbocycles. The molecule has 0 spiro atoms. The first-order valence-electron chi connectivity index (χ1n) is 18.1. The van der Waals surface area contributed by atoms with Crippen molar-refractivity contribution >= 4 is 77.5 Å². The number of aryl methyl sites for hydroxylation is 3. The maximum absolute atomic E-state index is 4.68. The molecule has 0 atom stereocenters. The molecule has 0 saturated heterocycles. The zero-order valence-electron chi connectivity index (χ0n) is 31.0. The van der Waals surface area contributed by atoms with Crippen LogP contribution in [0.15, 0.2) is 146 Å². The van der Waals surface area contributed by atoms with Crippen LogP contribution in [0, 0.1) is 0 Å². The molecular formula is C45H45N7. The molecule has 11 rings (SSSR count). The summed E-state index contributed by atoms with van der Waals surface area (Å²) in [6.07, 6.45) is 0. The highest BCUT2D eigenvalue weighted by Crippen LogP contribution is 2.28. The van der Waals surface area contributed by atoms with Crippen molar-refractivity contribution in [3.05, 3.63) is 146 Å². The topological polar surface area (TPSA) is 49.4 Å². The molecule has 7 heteroatoms. The fourth-order valence-electron chi connectivity index (χ4n) is 7.16. The molecule has 52 heavy (non-hydrogen) atoms. The quantitative estimate of drug-likeness (QED) is 0.160. The van der Waals surface area contributed by atoms with Gasteiger partial charge in [-0.05, 0) is 60.7 Å². The normalized spacial score (nSPS) is 11.0. The van der Waals surface area contributed by atoms with E-state index in [-0.39, 0.29) is 0 Å². The predicted octanol–water partition coefficient (Wildman–Crippen LogP) is 11.3. The Morgan fingerprint density at radius 3 is 0.981 bits per heavy atom. The van der Waals surface area contributed by atoms with Crippen LogP contribution in [0.25, 0.3) is 77.5 Å². The number of fused-ring (bicyclic) bond motifs is 13. The van der Waals surface area contributed by atoms with Gasteiger partial charge in [-0.2, -0.15) is 0 Å². The number of imidazole rings is 4. The van der Waals surface area contributed by atoms with Gasteiger partial charge in [-0.15, -0.1) is 0 Å². The first-order chi connectivity index (χ1) is 25.6. The van der Waals surface area contributed by atoms with Gasteiger partial charge in [0.2, 0.25) is 11.6 Å². The van der Waals surface area contributed by atoms with E-state index >= 15 is 0 Å². The smallest absolute Gasteiger partial charge is 0.215 e. The molecule has 260 valence electrons. The van der Waals surface area contributed by atoms with Gasteiger partial charge in [0.25, 0.3) is 0 Å². The lowest BCUT2D eigenvalue weighted by molar-refractivity contribution is 0.973. The number of nitrogens with zero attached hydrogens (tertiary/aromatic N) is 7. The summed E-state index contributed by atoms with van der Waals surface area (Å²) in [6.45, 7) is 8.00. The number of aromatic nitrogens is 7. The van der Waals surface area contributed by atoms with Crippen molar-refractivity contribution in [2.45, 2.75) is 27.7 Å². The van der Waals surface area contributed by atoms with Gasteiger partial charge in [0.1, 0.15) is 0 Å². The standard InChI is InChI=1S/2C14H11N3.C13H11N.2C2H6/c2*1-16-12-8-4-5-9-13(12)17-11-7-3-2-6-10(11)15-14(16)17;1-14-12-8-4-2-6-10(12)11-7-3-5-9-13(11)14;2*1-2/h2*2-9H,1H3;2-9H,1H3;2*1-2H3. The first-order valence-corrected chi connectivity index (χ1v) is 18.1. The second-order valence-electron chi connectivity index (χ2n) is 12.2. The number of hydrogen-bond donors (Lipinski definition) is 0. The zero-order valence-corrected chi connectivity index (χ0v) is 31.0. The summed E-state index contributed by atoms with van der Waals surface area (Å²) < 4.78 is 10.9. The van der Waals surface area contributed by atoms with Gasteiger partial charge < -0.3 is 13.7 Å². The molecule has 11 aromatic rings. The molecular weight excluding hydrogens is 639 g/mol. The first kappa shape index (κ1) is 34.1. The van der Waals surface area contributed by atoms with Crippen LogP contribution in [0.2, 0.25) is 0 Å². The Morgan fingerprint density at radius 2 is 0.596 bits per heavy atom. The molecule has 0 aliphatic carbocycles. The van der Waals surface area contributed by atoms with Crippen LogP contribution in [0.4, 0.5) is 0 Å². The summed E-state index contributed by atoms with van der Waals surface area (Å²) >= 11 is 0. The molecule has 0 amide bonds. The van der Waals surface area contributed by atoms with Crippen LogP contribution in [-0.4, -0.2) is 32.5 Å². The summed E-state index contributed by atoms with van der Waals surface area (Å²) in [7, 11) is 6.23. The monoisotopic (exact) mass is 683 g/mol. The minimum absolute atomic E-state index is 0.993. The zero-order chi connectivity index (χ0) is 36.4. The maximum atomic E-state index is 4.68. The Labute approximate surface area is 303 Å². The van der Waals surface area contributed by atoms with E-state index in [0.29, 0.717) is 0 Å². The summed E-state index contributed by atoms with van der Waals surface area (Å²) in [5.41, 5.74) is 11.9. The molecule has 5 aromatic heterocycles. The van der Waals surface area contributed by atoms with E-state index in [1.54, 1.807) is 0 Å². The van der Waals surface area contributed by atoms with E-state index in [1.807, 2.05) is 39.8 Å². The average Bonchev–Trinajstić information content (AvgIpc) is 4.00. The van der Waals surface area contributed by atoms with Crippen molar-refractivity contribution in [2.75, 3.05) is 0 Å². The van der Waals surface area contributed by atoms with Crippen molar-refractivity contribution in [3.8, 4) is 0 Å². The van der Waals surface area contributed by atoms with E-state index in [0.717, 1.165) is 22.6 Å². The third-order valence-electron chi connectivity index (χ3n) is 9.48. The molecule has 0 bridgehead atoms. The molecule has 7 nitrogen and oxygen atoms in total. The second kappa shape index (κ2) is 14.5. The molecule has 6 aromatic carbocycles. The third-order valence-corrected chi connectivity index (χ3v) is 9.48. The Morgan fingerprint density at radius 1 is 0.308 bits per heavy atom. The fraction of sp³-hybridized carbons (Fsp3) is 0.156. The van der Waals surface area contributed by atoms with Crippen LogP contribution in [-0.2, 0) is 21.1 Å². The number of para-hydroxylation sites is 10. The van der Waals surface area contributed by atoms with Crippen molar-refractivity contribution < 1.29 is 0 Å². The molecule has 0 aliphatic heterocycles. The third kappa shape index (κ3) is 5.55. The van der Waals surface area contributed by atoms with Crippen molar-refractivity contribution in [2.24, 2.45) is 21.1 Å². The van der Waals surface area contributed by atoms with Crippen LogP contribution >= 0.6 is 0 Å². The van der Waals surface area contributed by atoms with Gasteiger partial charge >= 0.3 is 0 Å². The Balaban J connectivity index is 0.000000116. The minimum atomic E-state index is 0.993. The van der Waals surface area contributed by atoms with Gasteiger partial charge in [0.05, 0.1) is 44.1 Å². The number of rotatable bonds is 0. The number of hydrogen-bond acceptors (Lipinski definition) is 2. The highest BCUT2D eigenvalue weighted by molar-refractivity contribution is 6.07. The summed E-state index contributed by atoms with van der Waals surface area (Å²) in [5, 5.41) is 2.68. The van der Waals surface area contributed by atoms with Crippen LogP contribution in [0.3, 0.4) is 0 Å². The second-order valence-corrected chi connectivity index (χ2v) is 12.2. The highest BCUT2D eigenvalue weighted by atomic mass is 15.2. The van der Waals surface area contributed by atoms with Crippen LogP contribution in [0.1, 0.15) is 27.7 Å². The molecule has 0 radical (unpaired) electrons. The molecule has 5 heterocycles. The largest absolute Gasteiger partial charge is 0.344 e.